The molecule has 0 amide bonds. The molecule has 1 nitrogen and oxygen atoms in total. The first kappa shape index (κ1) is 15.7. The standard InChI is InChI=1S/Eu.Mn.O.Sr.2H. The number of hydrogen-bond acceptors (Lipinski definition) is 1. The van der Waals surface area contributed by atoms with Crippen LogP contribution in [0.3, 0.4) is 0 Å². The third-order valence-electron chi connectivity index (χ3n) is 0. The van der Waals surface area contributed by atoms with Crippen molar-refractivity contribution in [1.29, 1.82) is 0 Å². The molecule has 0 bridgehead atoms. The van der Waals surface area contributed by atoms with E-state index in [1.54, 1.807) is 15.9 Å². The topological polar surface area (TPSA) is 17.1 Å². The molecule has 0 saturated carbocycles. The Morgan fingerprint density at radius 1 is 1.25 bits per heavy atom. The third kappa shape index (κ3) is 9.04. The van der Waals surface area contributed by atoms with Crippen LogP contribution in [0.15, 0.2) is 0 Å². The summed E-state index contributed by atoms with van der Waals surface area (Å²) in [6.07, 6.45) is 0. The van der Waals surface area contributed by atoms with Gasteiger partial charge in [-0.15, -0.1) is 0 Å². The third-order valence-corrected chi connectivity index (χ3v) is 0. The summed E-state index contributed by atoms with van der Waals surface area (Å²) in [4.78, 5) is 0. The molecule has 0 aliphatic carbocycles. The molecule has 0 aromatic rings. The van der Waals surface area contributed by atoms with Crippen molar-refractivity contribution in [3.05, 3.63) is 0 Å². The Labute approximate surface area is 111 Å². The molecule has 0 heterocycles. The van der Waals surface area contributed by atoms with Crippen molar-refractivity contribution in [2.75, 3.05) is 0 Å². The van der Waals surface area contributed by atoms with Crippen LogP contribution in [0.1, 0.15) is 0 Å². The van der Waals surface area contributed by atoms with Crippen molar-refractivity contribution in [1.82, 2.24) is 0 Å². The predicted molar refractivity (Wildman–Crippen MR) is 9.23 cm³/mol. The fraction of sp³-hybridized carbons (Fsp3) is 0. The second-order valence-electron chi connectivity index (χ2n) is 0. The molecule has 4 heavy (non-hydrogen) atoms. The van der Waals surface area contributed by atoms with Crippen LogP contribution in [0.25, 0.3) is 0 Å². The van der Waals surface area contributed by atoms with E-state index in [9.17, 15) is 0 Å². The summed E-state index contributed by atoms with van der Waals surface area (Å²) in [5, 5.41) is 0. The van der Waals surface area contributed by atoms with Gasteiger partial charge in [-0.05, 0) is 0 Å². The molecule has 1 radical (unpaired) electrons. The summed E-state index contributed by atoms with van der Waals surface area (Å²) >= 11 is 1.69. The van der Waals surface area contributed by atoms with Gasteiger partial charge in [-0.1, -0.05) is 0 Å². The maximum atomic E-state index is 8.06. The molecule has 0 atom stereocenters. The van der Waals surface area contributed by atoms with Crippen molar-refractivity contribution >= 4 is 45.5 Å². The molecule has 0 N–H and O–H groups in total. The van der Waals surface area contributed by atoms with Gasteiger partial charge in [-0.3, -0.25) is 0 Å². The van der Waals surface area contributed by atoms with Gasteiger partial charge in [0.05, 0.1) is 0 Å². The Morgan fingerprint density at radius 3 is 1.25 bits per heavy atom. The number of rotatable bonds is 0. The molecule has 0 fully saturated rings. The van der Waals surface area contributed by atoms with E-state index in [1.165, 1.54) is 0 Å². The molecular formula is H2EuMnOSr. The summed E-state index contributed by atoms with van der Waals surface area (Å²) < 4.78 is 8.06. The van der Waals surface area contributed by atoms with Gasteiger partial charge in [0.25, 0.3) is 0 Å². The van der Waals surface area contributed by atoms with Crippen LogP contribution in [-0.2, 0) is 19.8 Å². The van der Waals surface area contributed by atoms with Gasteiger partial charge in [0.2, 0.25) is 0 Å². The average Bonchev–Trinajstić information content (AvgIpc) is 1.00. The van der Waals surface area contributed by atoms with Crippen molar-refractivity contribution in [3.8, 4) is 0 Å². The van der Waals surface area contributed by atoms with E-state index in [-0.39, 0.29) is 94.9 Å². The SMILES string of the molecule is [Eu].[O]=[Mn].[SrH2]. The molecular weight excluding hydrogens is 311 g/mol. The second kappa shape index (κ2) is 16.2. The zero-order valence-electron chi connectivity index (χ0n) is 1.16. The average molecular weight is 313 g/mol. The van der Waals surface area contributed by atoms with E-state index in [0.29, 0.717) is 0 Å². The van der Waals surface area contributed by atoms with E-state index in [1.807, 2.05) is 0 Å². The summed E-state index contributed by atoms with van der Waals surface area (Å²) in [5.74, 6) is 0. The van der Waals surface area contributed by atoms with E-state index < -0.39 is 0 Å². The molecule has 0 aromatic carbocycles. The normalized spacial score (nSPS) is 1.00. The van der Waals surface area contributed by atoms with E-state index >= 15 is 0 Å². The molecule has 0 unspecified atom stereocenters. The molecule has 0 aliphatic rings. The fourth-order valence-corrected chi connectivity index (χ4v) is 0. The van der Waals surface area contributed by atoms with Crippen molar-refractivity contribution in [2.24, 2.45) is 0 Å². The summed E-state index contributed by atoms with van der Waals surface area (Å²) in [7, 11) is 0. The monoisotopic (exact) mass is 314 g/mol. The summed E-state index contributed by atoms with van der Waals surface area (Å²) in [6.45, 7) is 0. The van der Waals surface area contributed by atoms with Gasteiger partial charge >= 0.3 is 65.3 Å². The fourth-order valence-electron chi connectivity index (χ4n) is 0. The minimum absolute atomic E-state index is 0. The van der Waals surface area contributed by atoms with E-state index in [0.717, 1.165) is 0 Å². The van der Waals surface area contributed by atoms with Crippen LogP contribution in [0, 0.1) is 49.4 Å². The van der Waals surface area contributed by atoms with Crippen LogP contribution in [-0.4, -0.2) is 45.5 Å². The summed E-state index contributed by atoms with van der Waals surface area (Å²) in [5.41, 5.74) is 0. The summed E-state index contributed by atoms with van der Waals surface area (Å²) in [6, 6.07) is 0. The Hall–Kier alpha value is 3.38. The quantitative estimate of drug-likeness (QED) is 0.523. The molecule has 0 saturated heterocycles. The van der Waals surface area contributed by atoms with Gasteiger partial charge in [-0.2, -0.15) is 0 Å². The molecule has 4 heteroatoms. The first-order chi connectivity index (χ1) is 1.00. The molecule has 0 aliphatic heterocycles. The first-order valence-corrected chi connectivity index (χ1v) is 0.636. The minimum atomic E-state index is 0. The predicted octanol–water partition coefficient (Wildman–Crippen LogP) is -1.04. The van der Waals surface area contributed by atoms with Gasteiger partial charge in [0.15, 0.2) is 0 Å². The van der Waals surface area contributed by atoms with Crippen LogP contribution in [0.2, 0.25) is 0 Å². The molecule has 24 valence electrons. The Bertz CT molecular complexity index is 8.00. The van der Waals surface area contributed by atoms with Crippen LogP contribution in [0.4, 0.5) is 0 Å². The van der Waals surface area contributed by atoms with Gasteiger partial charge in [0.1, 0.15) is 0 Å². The van der Waals surface area contributed by atoms with Gasteiger partial charge in [0, 0.05) is 49.4 Å². The van der Waals surface area contributed by atoms with Gasteiger partial charge < -0.3 is 0 Å². The Morgan fingerprint density at radius 2 is 1.25 bits per heavy atom. The van der Waals surface area contributed by atoms with Gasteiger partial charge in [-0.25, -0.2) is 0 Å². The Balaban J connectivity index is -0.00000000500. The van der Waals surface area contributed by atoms with Crippen molar-refractivity contribution in [3.63, 3.8) is 0 Å². The van der Waals surface area contributed by atoms with Crippen LogP contribution in [0.5, 0.6) is 0 Å². The molecule has 0 spiro atoms. The number of hydrogen-bond donors (Lipinski definition) is 0. The van der Waals surface area contributed by atoms with E-state index in [4.69, 9.17) is 3.83 Å². The molecule has 0 rings (SSSR count). The van der Waals surface area contributed by atoms with Crippen LogP contribution < -0.4 is 0 Å². The zero-order valence-corrected chi connectivity index (χ0v) is 4.77. The Kier molecular flexibility index (Phi) is 63.3. The van der Waals surface area contributed by atoms with Crippen LogP contribution >= 0.6 is 0 Å². The van der Waals surface area contributed by atoms with Crippen molar-refractivity contribution < 1.29 is 69.2 Å². The van der Waals surface area contributed by atoms with Crippen molar-refractivity contribution in [2.45, 2.75) is 0 Å². The van der Waals surface area contributed by atoms with E-state index in [2.05, 4.69) is 0 Å². The molecule has 0 aromatic heterocycles. The second-order valence-corrected chi connectivity index (χ2v) is 0. The zero-order chi connectivity index (χ0) is 2.00. The maximum absolute atomic E-state index is 8.06. The first-order valence-electron chi connectivity index (χ1n) is 0.154.